The van der Waals surface area contributed by atoms with Crippen molar-refractivity contribution in [2.75, 3.05) is 0 Å². The molecule has 0 saturated carbocycles. The van der Waals surface area contributed by atoms with Crippen molar-refractivity contribution in [2.24, 2.45) is 12.8 Å². The van der Waals surface area contributed by atoms with E-state index in [0.29, 0.717) is 0 Å². The van der Waals surface area contributed by atoms with E-state index >= 15 is 0 Å². The summed E-state index contributed by atoms with van der Waals surface area (Å²) < 4.78 is 2.26. The van der Waals surface area contributed by atoms with Crippen molar-refractivity contribution in [1.29, 1.82) is 0 Å². The van der Waals surface area contributed by atoms with Gasteiger partial charge in [-0.2, -0.15) is 0 Å². The highest BCUT2D eigenvalue weighted by molar-refractivity contribution is 5.86. The summed E-state index contributed by atoms with van der Waals surface area (Å²) >= 11 is 0. The van der Waals surface area contributed by atoms with Gasteiger partial charge in [0.25, 0.3) is 0 Å². The van der Waals surface area contributed by atoms with Gasteiger partial charge in [-0.05, 0) is 44.4 Å². The fourth-order valence-corrected chi connectivity index (χ4v) is 2.33. The molecule has 0 aliphatic carbocycles. The van der Waals surface area contributed by atoms with Crippen LogP contribution < -0.4 is 5.73 Å². The van der Waals surface area contributed by atoms with Gasteiger partial charge in [0.05, 0.1) is 0 Å². The zero-order valence-corrected chi connectivity index (χ0v) is 10.5. The van der Waals surface area contributed by atoms with E-state index in [1.165, 1.54) is 27.7 Å². The zero-order valence-electron chi connectivity index (χ0n) is 10.5. The molecule has 0 fully saturated rings. The number of nitrogens with two attached hydrogens (primary N) is 1. The molecule has 16 heavy (non-hydrogen) atoms. The van der Waals surface area contributed by atoms with Gasteiger partial charge >= 0.3 is 0 Å². The molecular formula is C14H20N2. The number of nitrogens with zero attached hydrogens (tertiary/aromatic N) is 1. The zero-order chi connectivity index (χ0) is 11.9. The Balaban J connectivity index is 2.69. The predicted molar refractivity (Wildman–Crippen MR) is 69.7 cm³/mol. The van der Waals surface area contributed by atoms with Gasteiger partial charge in [-0.1, -0.05) is 12.1 Å². The van der Waals surface area contributed by atoms with Crippen molar-refractivity contribution in [3.05, 3.63) is 35.0 Å². The molecule has 0 aliphatic rings. The Bertz CT molecular complexity index is 521. The minimum absolute atomic E-state index is 0.214. The van der Waals surface area contributed by atoms with Crippen molar-refractivity contribution < 1.29 is 0 Å². The van der Waals surface area contributed by atoms with Crippen molar-refractivity contribution in [2.45, 2.75) is 33.2 Å². The second kappa shape index (κ2) is 3.95. The van der Waals surface area contributed by atoms with E-state index < -0.39 is 0 Å². The highest BCUT2D eigenvalue weighted by Crippen LogP contribution is 2.26. The maximum atomic E-state index is 5.91. The third kappa shape index (κ3) is 1.74. The number of benzene rings is 1. The van der Waals surface area contributed by atoms with Crippen LogP contribution in [0.15, 0.2) is 18.2 Å². The molecule has 86 valence electrons. The van der Waals surface area contributed by atoms with E-state index in [2.05, 4.69) is 50.6 Å². The molecule has 1 atom stereocenters. The largest absolute Gasteiger partial charge is 0.348 e. The van der Waals surface area contributed by atoms with Gasteiger partial charge in [-0.3, -0.25) is 0 Å². The lowest BCUT2D eigenvalue weighted by atomic mass is 10.0. The summed E-state index contributed by atoms with van der Waals surface area (Å²) in [6.45, 7) is 6.37. The molecule has 2 aromatic rings. The van der Waals surface area contributed by atoms with Gasteiger partial charge in [0.15, 0.2) is 0 Å². The highest BCUT2D eigenvalue weighted by Gasteiger charge is 2.12. The molecule has 2 N–H and O–H groups in total. The third-order valence-corrected chi connectivity index (χ3v) is 3.31. The SMILES string of the molecule is Cc1ccc2c(CC(C)N)c(C)n(C)c2c1. The second-order valence-corrected chi connectivity index (χ2v) is 4.82. The summed E-state index contributed by atoms with van der Waals surface area (Å²) in [4.78, 5) is 0. The van der Waals surface area contributed by atoms with Gasteiger partial charge in [0.2, 0.25) is 0 Å². The average Bonchev–Trinajstić information content (AvgIpc) is 2.43. The number of fused-ring (bicyclic) bond motifs is 1. The van der Waals surface area contributed by atoms with Gasteiger partial charge in [0, 0.05) is 29.7 Å². The Morgan fingerprint density at radius 2 is 2.00 bits per heavy atom. The quantitative estimate of drug-likeness (QED) is 0.822. The molecule has 0 aliphatic heterocycles. The highest BCUT2D eigenvalue weighted by atomic mass is 14.9. The molecule has 1 unspecified atom stereocenters. The van der Waals surface area contributed by atoms with Gasteiger partial charge in [-0.25, -0.2) is 0 Å². The molecule has 0 bridgehead atoms. The summed E-state index contributed by atoms with van der Waals surface area (Å²) in [5, 5.41) is 1.35. The van der Waals surface area contributed by atoms with Gasteiger partial charge < -0.3 is 10.3 Å². The normalized spacial score (nSPS) is 13.3. The fourth-order valence-electron chi connectivity index (χ4n) is 2.33. The summed E-state index contributed by atoms with van der Waals surface area (Å²) in [5.74, 6) is 0. The summed E-state index contributed by atoms with van der Waals surface area (Å²) in [7, 11) is 2.13. The Hall–Kier alpha value is -1.28. The van der Waals surface area contributed by atoms with Crippen LogP contribution >= 0.6 is 0 Å². The van der Waals surface area contributed by atoms with E-state index in [4.69, 9.17) is 5.73 Å². The molecule has 2 rings (SSSR count). The topological polar surface area (TPSA) is 30.9 Å². The number of hydrogen-bond donors (Lipinski definition) is 1. The van der Waals surface area contributed by atoms with E-state index in [1.54, 1.807) is 0 Å². The number of aryl methyl sites for hydroxylation is 2. The van der Waals surface area contributed by atoms with Crippen LogP contribution in [-0.2, 0) is 13.5 Å². The van der Waals surface area contributed by atoms with Gasteiger partial charge in [0.1, 0.15) is 0 Å². The lowest BCUT2D eigenvalue weighted by molar-refractivity contribution is 0.732. The lowest BCUT2D eigenvalue weighted by Crippen LogP contribution is -2.18. The van der Waals surface area contributed by atoms with E-state index in [-0.39, 0.29) is 6.04 Å². The van der Waals surface area contributed by atoms with E-state index in [9.17, 15) is 0 Å². The fraction of sp³-hybridized carbons (Fsp3) is 0.429. The molecule has 1 aromatic carbocycles. The van der Waals surface area contributed by atoms with Crippen LogP contribution in [0.25, 0.3) is 10.9 Å². The summed E-state index contributed by atoms with van der Waals surface area (Å²) in [6.07, 6.45) is 0.951. The van der Waals surface area contributed by atoms with Crippen LogP contribution in [0.1, 0.15) is 23.7 Å². The Labute approximate surface area is 97.1 Å². The molecule has 1 aromatic heterocycles. The van der Waals surface area contributed by atoms with Crippen LogP contribution in [0.4, 0.5) is 0 Å². The monoisotopic (exact) mass is 216 g/mol. The molecule has 2 heteroatoms. The molecular weight excluding hydrogens is 196 g/mol. The summed E-state index contributed by atoms with van der Waals surface area (Å²) in [5.41, 5.74) is 11.3. The van der Waals surface area contributed by atoms with Crippen LogP contribution in [0.5, 0.6) is 0 Å². The first kappa shape index (κ1) is 11.2. The number of hydrogen-bond acceptors (Lipinski definition) is 1. The van der Waals surface area contributed by atoms with Crippen LogP contribution in [0.2, 0.25) is 0 Å². The third-order valence-electron chi connectivity index (χ3n) is 3.31. The van der Waals surface area contributed by atoms with Crippen molar-refractivity contribution in [3.8, 4) is 0 Å². The van der Waals surface area contributed by atoms with Crippen LogP contribution in [-0.4, -0.2) is 10.6 Å². The molecule has 0 spiro atoms. The first-order valence-electron chi connectivity index (χ1n) is 5.80. The Morgan fingerprint density at radius 1 is 1.31 bits per heavy atom. The summed E-state index contributed by atoms with van der Waals surface area (Å²) in [6, 6.07) is 6.85. The maximum Gasteiger partial charge on any atom is 0.0485 e. The Kier molecular flexibility index (Phi) is 2.76. The minimum Gasteiger partial charge on any atom is -0.348 e. The van der Waals surface area contributed by atoms with Crippen molar-refractivity contribution in [3.63, 3.8) is 0 Å². The molecule has 0 amide bonds. The molecule has 1 heterocycles. The molecule has 0 radical (unpaired) electrons. The van der Waals surface area contributed by atoms with Crippen LogP contribution in [0.3, 0.4) is 0 Å². The van der Waals surface area contributed by atoms with E-state index in [0.717, 1.165) is 6.42 Å². The maximum absolute atomic E-state index is 5.91. The first-order valence-corrected chi connectivity index (χ1v) is 5.80. The first-order chi connectivity index (χ1) is 7.50. The number of aromatic nitrogens is 1. The Morgan fingerprint density at radius 3 is 2.62 bits per heavy atom. The van der Waals surface area contributed by atoms with Gasteiger partial charge in [-0.15, -0.1) is 0 Å². The van der Waals surface area contributed by atoms with Crippen molar-refractivity contribution >= 4 is 10.9 Å². The molecule has 2 nitrogen and oxygen atoms in total. The van der Waals surface area contributed by atoms with E-state index in [1.807, 2.05) is 0 Å². The molecule has 0 saturated heterocycles. The smallest absolute Gasteiger partial charge is 0.0485 e. The van der Waals surface area contributed by atoms with Crippen molar-refractivity contribution in [1.82, 2.24) is 4.57 Å². The number of rotatable bonds is 2. The average molecular weight is 216 g/mol. The predicted octanol–water partition coefficient (Wildman–Crippen LogP) is 2.68. The second-order valence-electron chi connectivity index (χ2n) is 4.82. The van der Waals surface area contributed by atoms with Crippen LogP contribution in [0, 0.1) is 13.8 Å². The minimum atomic E-state index is 0.214. The standard InChI is InChI=1S/C14H20N2/c1-9-5-6-12-13(8-10(2)15)11(3)16(4)14(12)7-9/h5-7,10H,8,15H2,1-4H3. The lowest BCUT2D eigenvalue weighted by Gasteiger charge is -2.05.